The fourth-order valence-corrected chi connectivity index (χ4v) is 3.25. The fourth-order valence-electron chi connectivity index (χ4n) is 2.78. The van der Waals surface area contributed by atoms with E-state index in [1.165, 1.54) is 7.11 Å². The lowest BCUT2D eigenvalue weighted by atomic mass is 10.1. The van der Waals surface area contributed by atoms with Crippen molar-refractivity contribution in [2.24, 2.45) is 0 Å². The Labute approximate surface area is 192 Å². The van der Waals surface area contributed by atoms with E-state index in [9.17, 15) is 14.4 Å². The monoisotopic (exact) mass is 456 g/mol. The minimum absolute atomic E-state index is 0.327. The van der Waals surface area contributed by atoms with Crippen molar-refractivity contribution in [3.63, 3.8) is 0 Å². The number of anilines is 2. The molecular formula is C23H28N4O4S. The summed E-state index contributed by atoms with van der Waals surface area (Å²) in [5.41, 5.74) is 1.49. The number of rotatable bonds is 11. The molecule has 0 heterocycles. The van der Waals surface area contributed by atoms with Gasteiger partial charge in [-0.2, -0.15) is 11.8 Å². The third-order valence-electron chi connectivity index (χ3n) is 4.40. The number of amides is 4. The van der Waals surface area contributed by atoms with Gasteiger partial charge in [0, 0.05) is 17.9 Å². The van der Waals surface area contributed by atoms with Crippen molar-refractivity contribution < 1.29 is 19.1 Å². The van der Waals surface area contributed by atoms with Crippen LogP contribution >= 0.6 is 11.8 Å². The number of carbonyl (C=O) groups is 3. The van der Waals surface area contributed by atoms with Crippen LogP contribution < -0.4 is 26.0 Å². The topological polar surface area (TPSA) is 109 Å². The van der Waals surface area contributed by atoms with Gasteiger partial charge in [0.1, 0.15) is 11.8 Å². The van der Waals surface area contributed by atoms with Gasteiger partial charge in [-0.05, 0) is 54.8 Å². The summed E-state index contributed by atoms with van der Waals surface area (Å²) in [4.78, 5) is 37.3. The maximum absolute atomic E-state index is 12.9. The second-order valence-corrected chi connectivity index (χ2v) is 7.68. The van der Waals surface area contributed by atoms with Gasteiger partial charge in [-0.3, -0.25) is 9.59 Å². The molecule has 2 rings (SSSR count). The fraction of sp³-hybridized carbons (Fsp3) is 0.261. The molecule has 0 aromatic heterocycles. The van der Waals surface area contributed by atoms with Crippen molar-refractivity contribution in [1.29, 1.82) is 0 Å². The Balaban J connectivity index is 2.03. The summed E-state index contributed by atoms with van der Waals surface area (Å²) in [6, 6.07) is 12.5. The minimum Gasteiger partial charge on any atom is -0.496 e. The van der Waals surface area contributed by atoms with Crippen LogP contribution in [0.5, 0.6) is 5.75 Å². The molecule has 170 valence electrons. The van der Waals surface area contributed by atoms with Crippen molar-refractivity contribution in [2.45, 2.75) is 12.5 Å². The standard InChI is InChI=1S/C23H28N4O4S/c1-4-14-24-23(30)26-17-11-9-16(10-12-17)25-22(29)19(13-15-32-3)27-21(28)18-7-5-6-8-20(18)31-2/h4-12,19H,1,13-15H2,2-3H3,(H,25,29)(H,27,28)(H2,24,26,30). The van der Waals surface area contributed by atoms with Crippen LogP contribution in [-0.2, 0) is 4.79 Å². The van der Waals surface area contributed by atoms with Crippen LogP contribution in [0, 0.1) is 0 Å². The molecule has 0 saturated carbocycles. The van der Waals surface area contributed by atoms with Gasteiger partial charge in [0.2, 0.25) is 5.91 Å². The second kappa shape index (κ2) is 13.1. The summed E-state index contributed by atoms with van der Waals surface area (Å²) >= 11 is 1.59. The molecular weight excluding hydrogens is 428 g/mol. The number of thioether (sulfide) groups is 1. The SMILES string of the molecule is C=CCNC(=O)Nc1ccc(NC(=O)C(CCSC)NC(=O)c2ccccc2OC)cc1. The first-order valence-corrected chi connectivity index (χ1v) is 11.4. The minimum atomic E-state index is -0.720. The first-order chi connectivity index (χ1) is 15.5. The number of benzene rings is 2. The average Bonchev–Trinajstić information content (AvgIpc) is 2.81. The molecule has 0 radical (unpaired) electrons. The Hall–Kier alpha value is -3.46. The molecule has 0 spiro atoms. The lowest BCUT2D eigenvalue weighted by Crippen LogP contribution is -2.44. The Morgan fingerprint density at radius 3 is 2.34 bits per heavy atom. The summed E-state index contributed by atoms with van der Waals surface area (Å²) in [7, 11) is 1.49. The highest BCUT2D eigenvalue weighted by atomic mass is 32.2. The van der Waals surface area contributed by atoms with Crippen LogP contribution in [0.15, 0.2) is 61.2 Å². The first kappa shape index (κ1) is 24.8. The molecule has 0 saturated heterocycles. The summed E-state index contributed by atoms with van der Waals surface area (Å²) in [5, 5.41) is 10.9. The van der Waals surface area contributed by atoms with Crippen LogP contribution in [-0.4, -0.2) is 49.6 Å². The van der Waals surface area contributed by atoms with Crippen molar-refractivity contribution >= 4 is 41.0 Å². The number of nitrogens with one attached hydrogen (secondary N) is 4. The van der Waals surface area contributed by atoms with Gasteiger partial charge in [0.25, 0.3) is 5.91 Å². The van der Waals surface area contributed by atoms with E-state index in [0.29, 0.717) is 41.4 Å². The molecule has 0 fully saturated rings. The zero-order valence-corrected chi connectivity index (χ0v) is 19.0. The van der Waals surface area contributed by atoms with Crippen molar-refractivity contribution in [1.82, 2.24) is 10.6 Å². The Kier molecular flexibility index (Phi) is 10.1. The molecule has 9 heteroatoms. The number of urea groups is 1. The van der Waals surface area contributed by atoms with E-state index in [0.717, 1.165) is 0 Å². The van der Waals surface area contributed by atoms with Crippen molar-refractivity contribution in [3.8, 4) is 5.75 Å². The molecule has 1 unspecified atom stereocenters. The molecule has 8 nitrogen and oxygen atoms in total. The van der Waals surface area contributed by atoms with Crippen LogP contribution in [0.4, 0.5) is 16.2 Å². The molecule has 0 bridgehead atoms. The highest BCUT2D eigenvalue weighted by Crippen LogP contribution is 2.18. The molecule has 2 aromatic carbocycles. The van der Waals surface area contributed by atoms with E-state index in [2.05, 4.69) is 27.8 Å². The quantitative estimate of drug-likeness (QED) is 0.387. The van der Waals surface area contributed by atoms with Gasteiger partial charge >= 0.3 is 6.03 Å². The van der Waals surface area contributed by atoms with E-state index in [-0.39, 0.29) is 17.8 Å². The molecule has 32 heavy (non-hydrogen) atoms. The van der Waals surface area contributed by atoms with Crippen LogP contribution in [0.3, 0.4) is 0 Å². The predicted molar refractivity (Wildman–Crippen MR) is 130 cm³/mol. The van der Waals surface area contributed by atoms with Crippen LogP contribution in [0.1, 0.15) is 16.8 Å². The molecule has 0 aliphatic heterocycles. The average molecular weight is 457 g/mol. The summed E-state index contributed by atoms with van der Waals surface area (Å²) < 4.78 is 5.24. The zero-order valence-electron chi connectivity index (χ0n) is 18.1. The number of hydrogen-bond acceptors (Lipinski definition) is 5. The second-order valence-electron chi connectivity index (χ2n) is 6.70. The zero-order chi connectivity index (χ0) is 23.3. The lowest BCUT2D eigenvalue weighted by molar-refractivity contribution is -0.118. The van der Waals surface area contributed by atoms with Crippen LogP contribution in [0.25, 0.3) is 0 Å². The third kappa shape index (κ3) is 7.66. The largest absolute Gasteiger partial charge is 0.496 e. The number of carbonyl (C=O) groups excluding carboxylic acids is 3. The van der Waals surface area contributed by atoms with E-state index < -0.39 is 6.04 Å². The van der Waals surface area contributed by atoms with Crippen molar-refractivity contribution in [2.75, 3.05) is 36.3 Å². The van der Waals surface area contributed by atoms with Gasteiger partial charge in [0.15, 0.2) is 0 Å². The Bertz CT molecular complexity index is 934. The van der Waals surface area contributed by atoms with Gasteiger partial charge in [-0.15, -0.1) is 6.58 Å². The maximum atomic E-state index is 12.9. The molecule has 0 aliphatic rings. The molecule has 1 atom stereocenters. The van der Waals surface area contributed by atoms with E-state index in [1.54, 1.807) is 66.4 Å². The number of hydrogen-bond donors (Lipinski definition) is 4. The number of methoxy groups -OCH3 is 1. The molecule has 4 amide bonds. The molecule has 0 aliphatic carbocycles. The van der Waals surface area contributed by atoms with E-state index in [1.807, 2.05) is 6.26 Å². The maximum Gasteiger partial charge on any atom is 0.319 e. The van der Waals surface area contributed by atoms with Crippen LogP contribution in [0.2, 0.25) is 0 Å². The normalized spacial score (nSPS) is 11.1. The van der Waals surface area contributed by atoms with E-state index >= 15 is 0 Å². The highest BCUT2D eigenvalue weighted by molar-refractivity contribution is 7.98. The summed E-state index contributed by atoms with van der Waals surface area (Å²) in [6.07, 6.45) is 3.99. The van der Waals surface area contributed by atoms with Crippen molar-refractivity contribution in [3.05, 3.63) is 66.7 Å². The summed E-state index contributed by atoms with van der Waals surface area (Å²) in [5.74, 6) is 0.433. The highest BCUT2D eigenvalue weighted by Gasteiger charge is 2.22. The van der Waals surface area contributed by atoms with Gasteiger partial charge in [-0.25, -0.2) is 4.79 Å². The smallest absolute Gasteiger partial charge is 0.319 e. The Morgan fingerprint density at radius 1 is 1.06 bits per heavy atom. The van der Waals surface area contributed by atoms with Gasteiger partial charge < -0.3 is 26.0 Å². The number of para-hydroxylation sites is 1. The Morgan fingerprint density at radius 2 is 1.72 bits per heavy atom. The van der Waals surface area contributed by atoms with Gasteiger partial charge in [0.05, 0.1) is 12.7 Å². The van der Waals surface area contributed by atoms with Gasteiger partial charge in [-0.1, -0.05) is 18.2 Å². The lowest BCUT2D eigenvalue weighted by Gasteiger charge is -2.19. The molecule has 4 N–H and O–H groups in total. The summed E-state index contributed by atoms with van der Waals surface area (Å²) in [6.45, 7) is 3.90. The molecule has 2 aromatic rings. The third-order valence-corrected chi connectivity index (χ3v) is 5.05. The van der Waals surface area contributed by atoms with E-state index in [4.69, 9.17) is 4.74 Å². The predicted octanol–water partition coefficient (Wildman–Crippen LogP) is 3.49. The number of ether oxygens (including phenoxy) is 1. The first-order valence-electron chi connectivity index (χ1n) is 9.98.